The molecule has 0 radical (unpaired) electrons. The van der Waals surface area contributed by atoms with Crippen LogP contribution in [0.4, 0.5) is 5.69 Å². The van der Waals surface area contributed by atoms with Crippen molar-refractivity contribution in [2.45, 2.75) is 26.2 Å². The first-order valence-corrected chi connectivity index (χ1v) is 10.9. The Bertz CT molecular complexity index is 1290. The maximum Gasteiger partial charge on any atom is 0.460 e. The van der Waals surface area contributed by atoms with Gasteiger partial charge < -0.3 is 14.6 Å². The monoisotopic (exact) mass is 451 g/mol. The van der Waals surface area contributed by atoms with Crippen LogP contribution in [0.3, 0.4) is 0 Å². The van der Waals surface area contributed by atoms with E-state index in [1.54, 1.807) is 24.5 Å². The number of methoxy groups -OCH3 is 1. The lowest BCUT2D eigenvalue weighted by Gasteiger charge is -2.09. The number of rotatable bonds is 8. The van der Waals surface area contributed by atoms with E-state index in [9.17, 15) is 9.59 Å². The second-order valence-corrected chi connectivity index (χ2v) is 7.90. The minimum Gasteiger partial charge on any atom is -0.496 e. The highest BCUT2D eigenvalue weighted by atomic mass is 32.1. The van der Waals surface area contributed by atoms with Crippen molar-refractivity contribution in [1.82, 2.24) is 20.1 Å². The molecule has 32 heavy (non-hydrogen) atoms. The molecule has 0 aliphatic carbocycles. The van der Waals surface area contributed by atoms with Crippen molar-refractivity contribution in [2.24, 2.45) is 0 Å². The molecule has 0 aliphatic heterocycles. The fraction of sp³-hybridized carbons (Fsp3) is 0.227. The molecule has 0 bridgehead atoms. The van der Waals surface area contributed by atoms with Gasteiger partial charge in [0.05, 0.1) is 47.0 Å². The quantitative estimate of drug-likeness (QED) is 0.408. The minimum absolute atomic E-state index is 0.0108. The van der Waals surface area contributed by atoms with E-state index in [2.05, 4.69) is 31.9 Å². The molecule has 164 valence electrons. The average molecular weight is 452 g/mol. The lowest BCUT2D eigenvalue weighted by molar-refractivity contribution is -0.116. The maximum atomic E-state index is 12.0. The summed E-state index contributed by atoms with van der Waals surface area (Å²) in [5, 5.41) is 7.29. The van der Waals surface area contributed by atoms with Crippen LogP contribution in [0.25, 0.3) is 33.2 Å². The van der Waals surface area contributed by atoms with Crippen molar-refractivity contribution in [3.8, 4) is 39.0 Å². The lowest BCUT2D eigenvalue weighted by atomic mass is 10.1. The first kappa shape index (κ1) is 21.4. The molecule has 0 unspecified atom stereocenters. The Morgan fingerprint density at radius 3 is 2.81 bits per heavy atom. The third-order valence-corrected chi connectivity index (χ3v) is 5.67. The summed E-state index contributed by atoms with van der Waals surface area (Å²) in [6.07, 6.45) is 5.70. The van der Waals surface area contributed by atoms with Gasteiger partial charge >= 0.3 is 5.76 Å². The van der Waals surface area contributed by atoms with Crippen LogP contribution in [0, 0.1) is 0 Å². The Labute approximate surface area is 187 Å². The van der Waals surface area contributed by atoms with Crippen LogP contribution in [-0.2, 0) is 4.79 Å². The number of aromatic nitrogens is 4. The van der Waals surface area contributed by atoms with Gasteiger partial charge in [-0.2, -0.15) is 10.1 Å². The summed E-state index contributed by atoms with van der Waals surface area (Å²) >= 11 is 1.49. The summed E-state index contributed by atoms with van der Waals surface area (Å²) in [6, 6.07) is 7.30. The molecule has 0 spiro atoms. The molecule has 10 heteroatoms. The number of carbonyl (C=O) groups excluding carboxylic acids is 1. The Morgan fingerprint density at radius 2 is 2.06 bits per heavy atom. The summed E-state index contributed by atoms with van der Waals surface area (Å²) in [5.41, 5.74) is 3.49. The van der Waals surface area contributed by atoms with Crippen LogP contribution in [-0.4, -0.2) is 33.1 Å². The number of unbranched alkanes of at least 4 members (excludes halogenated alkanes) is 1. The van der Waals surface area contributed by atoms with Crippen LogP contribution < -0.4 is 15.8 Å². The molecular formula is C22H21N5O4S. The van der Waals surface area contributed by atoms with Gasteiger partial charge in [-0.15, -0.1) is 11.3 Å². The van der Waals surface area contributed by atoms with Crippen molar-refractivity contribution < 1.29 is 14.1 Å². The number of hydrogen-bond donors (Lipinski definition) is 2. The van der Waals surface area contributed by atoms with E-state index in [0.29, 0.717) is 29.1 Å². The minimum atomic E-state index is -0.707. The van der Waals surface area contributed by atoms with Gasteiger partial charge in [0.1, 0.15) is 5.75 Å². The number of aromatic amines is 1. The van der Waals surface area contributed by atoms with E-state index in [4.69, 9.17) is 9.72 Å². The first-order chi connectivity index (χ1) is 15.6. The van der Waals surface area contributed by atoms with Gasteiger partial charge in [0.25, 0.3) is 0 Å². The van der Waals surface area contributed by atoms with Crippen LogP contribution in [0.2, 0.25) is 0 Å². The van der Waals surface area contributed by atoms with Crippen LogP contribution >= 0.6 is 11.3 Å². The molecule has 0 saturated heterocycles. The Balaban J connectivity index is 1.58. The summed E-state index contributed by atoms with van der Waals surface area (Å²) < 4.78 is 10.1. The molecule has 0 fully saturated rings. The standard InChI is InChI=1S/C22H21N5O4S/c1-3-4-5-20(28)24-14-9-19(32-12-14)17-11-23-10-16(25-17)13-6-7-15(18(8-13)30-2)21-26-22(29)31-27-21/h6-12H,3-5H2,1-2H3,(H,24,28)(H,26,27,29). The Kier molecular flexibility index (Phi) is 6.41. The number of benzene rings is 1. The fourth-order valence-electron chi connectivity index (χ4n) is 3.11. The predicted molar refractivity (Wildman–Crippen MR) is 122 cm³/mol. The molecule has 9 nitrogen and oxygen atoms in total. The lowest BCUT2D eigenvalue weighted by Crippen LogP contribution is -2.09. The summed E-state index contributed by atoms with van der Waals surface area (Å²) in [7, 11) is 1.53. The highest BCUT2D eigenvalue weighted by Gasteiger charge is 2.14. The van der Waals surface area contributed by atoms with E-state index in [1.807, 2.05) is 17.5 Å². The van der Waals surface area contributed by atoms with Gasteiger partial charge in [-0.25, -0.2) is 9.78 Å². The number of anilines is 1. The van der Waals surface area contributed by atoms with Gasteiger partial charge in [-0.1, -0.05) is 19.4 Å². The zero-order valence-electron chi connectivity index (χ0n) is 17.5. The van der Waals surface area contributed by atoms with E-state index < -0.39 is 5.76 Å². The second-order valence-electron chi connectivity index (χ2n) is 6.99. The van der Waals surface area contributed by atoms with Crippen molar-refractivity contribution in [3.05, 3.63) is 52.6 Å². The highest BCUT2D eigenvalue weighted by molar-refractivity contribution is 7.14. The SMILES string of the molecule is CCCCC(=O)Nc1csc(-c2cncc(-c3ccc(-c4nc(=O)o[nH]4)c(OC)c3)n2)c1. The number of nitrogens with zero attached hydrogens (tertiary/aromatic N) is 3. The van der Waals surface area contributed by atoms with Gasteiger partial charge in [0, 0.05) is 17.4 Å². The number of thiophene rings is 1. The molecule has 4 aromatic rings. The topological polar surface area (TPSA) is 123 Å². The molecular weight excluding hydrogens is 430 g/mol. The van der Waals surface area contributed by atoms with Gasteiger partial charge in [0.2, 0.25) is 5.91 Å². The second kappa shape index (κ2) is 9.56. The summed E-state index contributed by atoms with van der Waals surface area (Å²) in [5.74, 6) is 0.0935. The van der Waals surface area contributed by atoms with E-state index >= 15 is 0 Å². The zero-order chi connectivity index (χ0) is 22.5. The largest absolute Gasteiger partial charge is 0.496 e. The smallest absolute Gasteiger partial charge is 0.460 e. The summed E-state index contributed by atoms with van der Waals surface area (Å²) in [6.45, 7) is 2.06. The normalized spacial score (nSPS) is 10.8. The number of amides is 1. The van der Waals surface area contributed by atoms with Crippen LogP contribution in [0.5, 0.6) is 5.75 Å². The molecule has 3 aromatic heterocycles. The third kappa shape index (κ3) is 4.75. The van der Waals surface area contributed by atoms with E-state index in [-0.39, 0.29) is 11.7 Å². The van der Waals surface area contributed by atoms with Crippen molar-refractivity contribution in [3.63, 3.8) is 0 Å². The number of nitrogens with one attached hydrogen (secondary N) is 2. The molecule has 0 saturated carbocycles. The number of carbonyl (C=O) groups is 1. The predicted octanol–water partition coefficient (Wildman–Crippen LogP) is 4.35. The molecule has 1 aromatic carbocycles. The van der Waals surface area contributed by atoms with Gasteiger partial charge in [-0.05, 0) is 24.6 Å². The fourth-order valence-corrected chi connectivity index (χ4v) is 3.91. The maximum absolute atomic E-state index is 12.0. The number of hydrogen-bond acceptors (Lipinski definition) is 8. The molecule has 0 atom stereocenters. The summed E-state index contributed by atoms with van der Waals surface area (Å²) in [4.78, 5) is 36.9. The van der Waals surface area contributed by atoms with Gasteiger partial charge in [0.15, 0.2) is 5.82 Å². The Morgan fingerprint density at radius 1 is 1.22 bits per heavy atom. The molecule has 1 amide bonds. The van der Waals surface area contributed by atoms with Gasteiger partial charge in [-0.3, -0.25) is 9.78 Å². The number of H-pyrrole nitrogens is 1. The van der Waals surface area contributed by atoms with Crippen LogP contribution in [0.15, 0.2) is 51.4 Å². The van der Waals surface area contributed by atoms with Crippen molar-refractivity contribution in [2.75, 3.05) is 12.4 Å². The van der Waals surface area contributed by atoms with Crippen LogP contribution in [0.1, 0.15) is 26.2 Å². The molecule has 2 N–H and O–H groups in total. The zero-order valence-corrected chi connectivity index (χ0v) is 18.4. The Hall–Kier alpha value is -3.79. The highest BCUT2D eigenvalue weighted by Crippen LogP contribution is 2.33. The molecule has 4 rings (SSSR count). The first-order valence-electron chi connectivity index (χ1n) is 10.0. The van der Waals surface area contributed by atoms with E-state index in [1.165, 1.54) is 18.4 Å². The molecule has 0 aliphatic rings. The number of ether oxygens (including phenoxy) is 1. The van der Waals surface area contributed by atoms with Crippen molar-refractivity contribution >= 4 is 22.9 Å². The average Bonchev–Trinajstić information content (AvgIpc) is 3.46. The molecule has 3 heterocycles. The van der Waals surface area contributed by atoms with Crippen molar-refractivity contribution in [1.29, 1.82) is 0 Å². The third-order valence-electron chi connectivity index (χ3n) is 4.72. The van der Waals surface area contributed by atoms with E-state index in [0.717, 1.165) is 29.0 Å².